The zero-order valence-corrected chi connectivity index (χ0v) is 11.2. The van der Waals surface area contributed by atoms with Crippen LogP contribution in [0.4, 0.5) is 15.8 Å². The molecular formula is C11H15FN2O3S. The lowest BCUT2D eigenvalue weighted by molar-refractivity contribution is -0.386. The van der Waals surface area contributed by atoms with Crippen molar-refractivity contribution in [2.75, 3.05) is 24.0 Å². The molecule has 0 fully saturated rings. The highest BCUT2D eigenvalue weighted by molar-refractivity contribution is 7.84. The molecule has 1 aromatic rings. The summed E-state index contributed by atoms with van der Waals surface area (Å²) in [5.74, 6) is -0.501. The number of nitro benzene ring substituents is 1. The molecule has 5 nitrogen and oxygen atoms in total. The van der Waals surface area contributed by atoms with Crippen LogP contribution in [0.25, 0.3) is 0 Å². The fourth-order valence-electron chi connectivity index (χ4n) is 1.66. The zero-order chi connectivity index (χ0) is 13.9. The number of halogens is 1. The van der Waals surface area contributed by atoms with Gasteiger partial charge in [0, 0.05) is 35.9 Å². The maximum absolute atomic E-state index is 13.5. The van der Waals surface area contributed by atoms with Gasteiger partial charge in [-0.25, -0.2) is 0 Å². The zero-order valence-electron chi connectivity index (χ0n) is 10.4. The minimum Gasteiger partial charge on any atom is -0.365 e. The summed E-state index contributed by atoms with van der Waals surface area (Å²) in [7, 11) is 0.606. The Hall–Kier alpha value is -1.50. The Labute approximate surface area is 107 Å². The highest BCUT2D eigenvalue weighted by Gasteiger charge is 2.24. The molecule has 0 aliphatic rings. The summed E-state index contributed by atoms with van der Waals surface area (Å²) in [4.78, 5) is 11.7. The molecule has 1 aromatic carbocycles. The van der Waals surface area contributed by atoms with Gasteiger partial charge in [-0.2, -0.15) is 4.39 Å². The van der Waals surface area contributed by atoms with Gasteiger partial charge in [-0.15, -0.1) is 0 Å². The molecule has 0 unspecified atom stereocenters. The Morgan fingerprint density at radius 1 is 1.56 bits per heavy atom. The van der Waals surface area contributed by atoms with Crippen LogP contribution in [0.15, 0.2) is 18.2 Å². The molecule has 18 heavy (non-hydrogen) atoms. The largest absolute Gasteiger partial charge is 0.365 e. The Morgan fingerprint density at radius 2 is 2.17 bits per heavy atom. The molecule has 7 heteroatoms. The van der Waals surface area contributed by atoms with Crippen LogP contribution < -0.4 is 4.90 Å². The maximum Gasteiger partial charge on any atom is 0.327 e. The molecule has 0 saturated heterocycles. The van der Waals surface area contributed by atoms with E-state index in [4.69, 9.17) is 0 Å². The SMILES string of the molecule is C[C@H](C[S@](C)=O)N(C)c1cccc(F)c1[N+](=O)[O-]. The van der Waals surface area contributed by atoms with Crippen molar-refractivity contribution in [2.45, 2.75) is 13.0 Å². The summed E-state index contributed by atoms with van der Waals surface area (Å²) >= 11 is 0. The van der Waals surface area contributed by atoms with Crippen LogP contribution >= 0.6 is 0 Å². The lowest BCUT2D eigenvalue weighted by Crippen LogP contribution is -2.33. The maximum atomic E-state index is 13.5. The van der Waals surface area contributed by atoms with Crippen molar-refractivity contribution >= 4 is 22.2 Å². The van der Waals surface area contributed by atoms with Gasteiger partial charge < -0.3 is 4.90 Å². The highest BCUT2D eigenvalue weighted by atomic mass is 32.2. The van der Waals surface area contributed by atoms with Gasteiger partial charge >= 0.3 is 5.69 Å². The molecule has 1 rings (SSSR count). The van der Waals surface area contributed by atoms with Gasteiger partial charge in [-0.1, -0.05) is 6.07 Å². The van der Waals surface area contributed by atoms with Crippen LogP contribution in [0.3, 0.4) is 0 Å². The number of hydrogen-bond donors (Lipinski definition) is 0. The first kappa shape index (κ1) is 14.6. The molecule has 0 aliphatic heterocycles. The topological polar surface area (TPSA) is 63.5 Å². The fourth-order valence-corrected chi connectivity index (χ4v) is 2.56. The first-order valence-electron chi connectivity index (χ1n) is 5.30. The number of nitro groups is 1. The standard InChI is InChI=1S/C11H15FN2O3S/c1-8(7-18(3)17)13(2)10-6-4-5-9(12)11(10)14(15)16/h4-6,8H,7H2,1-3H3/t8-,18+/m1/s1. The highest BCUT2D eigenvalue weighted by Crippen LogP contribution is 2.31. The van der Waals surface area contributed by atoms with Crippen LogP contribution in [-0.4, -0.2) is 34.2 Å². The summed E-state index contributed by atoms with van der Waals surface area (Å²) in [6.45, 7) is 1.79. The van der Waals surface area contributed by atoms with Crippen molar-refractivity contribution < 1.29 is 13.5 Å². The normalized spacial score (nSPS) is 14.0. The molecular weight excluding hydrogens is 259 g/mol. The molecule has 0 spiro atoms. The smallest absolute Gasteiger partial charge is 0.327 e. The number of anilines is 1. The van der Waals surface area contributed by atoms with E-state index >= 15 is 0 Å². The number of benzene rings is 1. The number of para-hydroxylation sites is 1. The lowest BCUT2D eigenvalue weighted by Gasteiger charge is -2.25. The molecule has 0 N–H and O–H groups in total. The molecule has 0 aromatic heterocycles. The van der Waals surface area contributed by atoms with Crippen LogP contribution in [0, 0.1) is 15.9 Å². The van der Waals surface area contributed by atoms with Gasteiger partial charge in [0.25, 0.3) is 0 Å². The van der Waals surface area contributed by atoms with Crippen molar-refractivity contribution in [3.63, 3.8) is 0 Å². The molecule has 0 radical (unpaired) electrons. The first-order valence-corrected chi connectivity index (χ1v) is 7.03. The predicted molar refractivity (Wildman–Crippen MR) is 69.9 cm³/mol. The molecule has 0 saturated carbocycles. The summed E-state index contributed by atoms with van der Waals surface area (Å²) in [6, 6.07) is 3.77. The summed E-state index contributed by atoms with van der Waals surface area (Å²) < 4.78 is 24.6. The van der Waals surface area contributed by atoms with E-state index in [0.29, 0.717) is 5.75 Å². The average Bonchev–Trinajstić information content (AvgIpc) is 2.26. The number of hydrogen-bond acceptors (Lipinski definition) is 4. The van der Waals surface area contributed by atoms with E-state index in [1.165, 1.54) is 12.1 Å². The second kappa shape index (κ2) is 5.90. The van der Waals surface area contributed by atoms with E-state index in [0.717, 1.165) is 6.07 Å². The van der Waals surface area contributed by atoms with Crippen LogP contribution in [0.2, 0.25) is 0 Å². The van der Waals surface area contributed by atoms with E-state index in [1.54, 1.807) is 25.1 Å². The molecule has 2 atom stereocenters. The van der Waals surface area contributed by atoms with Crippen LogP contribution in [-0.2, 0) is 10.8 Å². The first-order chi connectivity index (χ1) is 8.34. The second-order valence-corrected chi connectivity index (χ2v) is 5.54. The molecule has 100 valence electrons. The molecule has 0 aliphatic carbocycles. The van der Waals surface area contributed by atoms with E-state index < -0.39 is 27.2 Å². The molecule has 0 amide bonds. The number of nitrogens with zero attached hydrogens (tertiary/aromatic N) is 2. The number of rotatable bonds is 5. The minimum absolute atomic E-state index is 0.184. The molecule has 0 heterocycles. The third-order valence-electron chi connectivity index (χ3n) is 2.67. The second-order valence-electron chi connectivity index (χ2n) is 4.06. The van der Waals surface area contributed by atoms with Crippen molar-refractivity contribution in [3.05, 3.63) is 34.1 Å². The predicted octanol–water partition coefficient (Wildman–Crippen LogP) is 1.94. The van der Waals surface area contributed by atoms with Crippen molar-refractivity contribution in [1.82, 2.24) is 0 Å². The van der Waals surface area contributed by atoms with Gasteiger partial charge in [0.15, 0.2) is 0 Å². The quantitative estimate of drug-likeness (QED) is 0.608. The summed E-state index contributed by atoms with van der Waals surface area (Å²) in [5, 5.41) is 10.9. The Bertz CT molecular complexity index is 481. The van der Waals surface area contributed by atoms with E-state index in [9.17, 15) is 18.7 Å². The monoisotopic (exact) mass is 274 g/mol. The van der Waals surface area contributed by atoms with Crippen molar-refractivity contribution in [3.8, 4) is 0 Å². The van der Waals surface area contributed by atoms with Crippen molar-refractivity contribution in [1.29, 1.82) is 0 Å². The Kier molecular flexibility index (Phi) is 4.77. The Morgan fingerprint density at radius 3 is 2.67 bits per heavy atom. The molecule has 0 bridgehead atoms. The van der Waals surface area contributed by atoms with Crippen molar-refractivity contribution in [2.24, 2.45) is 0 Å². The van der Waals surface area contributed by atoms with E-state index in [1.807, 2.05) is 0 Å². The van der Waals surface area contributed by atoms with Gasteiger partial charge in [0.1, 0.15) is 5.69 Å². The summed E-state index contributed by atoms with van der Waals surface area (Å²) in [6.07, 6.45) is 1.56. The third-order valence-corrected chi connectivity index (χ3v) is 3.62. The third kappa shape index (κ3) is 3.25. The van der Waals surface area contributed by atoms with Gasteiger partial charge in [0.2, 0.25) is 5.82 Å². The van der Waals surface area contributed by atoms with E-state index in [-0.39, 0.29) is 11.7 Å². The van der Waals surface area contributed by atoms with Crippen LogP contribution in [0.1, 0.15) is 6.92 Å². The minimum atomic E-state index is -1.02. The van der Waals surface area contributed by atoms with Gasteiger partial charge in [-0.05, 0) is 19.1 Å². The lowest BCUT2D eigenvalue weighted by atomic mass is 10.2. The average molecular weight is 274 g/mol. The summed E-state index contributed by atoms with van der Waals surface area (Å²) in [5.41, 5.74) is -0.355. The van der Waals surface area contributed by atoms with Gasteiger partial charge in [-0.3, -0.25) is 14.3 Å². The van der Waals surface area contributed by atoms with E-state index in [2.05, 4.69) is 0 Å². The fraction of sp³-hybridized carbons (Fsp3) is 0.455. The van der Waals surface area contributed by atoms with Gasteiger partial charge in [0.05, 0.1) is 4.92 Å². The Balaban J connectivity index is 3.12. The van der Waals surface area contributed by atoms with Crippen LogP contribution in [0.5, 0.6) is 0 Å².